The largest absolute Gasteiger partial charge is 0.478 e. The number of carboxylic acid groups (broad SMARTS) is 1. The van der Waals surface area contributed by atoms with E-state index in [-0.39, 0.29) is 11.4 Å². The van der Waals surface area contributed by atoms with Crippen molar-refractivity contribution in [3.8, 4) is 0 Å². The van der Waals surface area contributed by atoms with E-state index in [1.807, 2.05) is 6.92 Å². The maximum atomic E-state index is 11.0. The van der Waals surface area contributed by atoms with Crippen LogP contribution < -0.4 is 5.73 Å². The van der Waals surface area contributed by atoms with Crippen molar-refractivity contribution in [2.75, 3.05) is 12.3 Å². The first-order valence-corrected chi connectivity index (χ1v) is 4.70. The van der Waals surface area contributed by atoms with E-state index in [0.717, 1.165) is 11.3 Å². The van der Waals surface area contributed by atoms with Gasteiger partial charge in [-0.2, -0.15) is 0 Å². The summed E-state index contributed by atoms with van der Waals surface area (Å²) in [6.07, 6.45) is 0.703. The van der Waals surface area contributed by atoms with Crippen molar-refractivity contribution in [3.05, 3.63) is 22.4 Å². The molecular formula is C10H12N2O3. The second-order valence-electron chi connectivity index (χ2n) is 3.52. The van der Waals surface area contributed by atoms with Crippen LogP contribution >= 0.6 is 0 Å². The fourth-order valence-corrected chi connectivity index (χ4v) is 1.91. The van der Waals surface area contributed by atoms with Crippen LogP contribution in [0.4, 0.5) is 5.82 Å². The van der Waals surface area contributed by atoms with E-state index in [1.54, 1.807) is 0 Å². The van der Waals surface area contributed by atoms with Crippen LogP contribution in [-0.2, 0) is 17.8 Å². The Hall–Kier alpha value is -1.62. The number of carbonyl (C=O) groups is 1. The zero-order valence-corrected chi connectivity index (χ0v) is 8.41. The fourth-order valence-electron chi connectivity index (χ4n) is 1.91. The minimum Gasteiger partial charge on any atom is -0.478 e. The van der Waals surface area contributed by atoms with E-state index in [4.69, 9.17) is 15.6 Å². The quantitative estimate of drug-likeness (QED) is 0.711. The highest BCUT2D eigenvalue weighted by Gasteiger charge is 2.23. The summed E-state index contributed by atoms with van der Waals surface area (Å²) >= 11 is 0. The summed E-state index contributed by atoms with van der Waals surface area (Å²) in [6.45, 7) is 2.76. The number of nitrogen functional groups attached to an aromatic ring is 1. The molecule has 5 nitrogen and oxygen atoms in total. The van der Waals surface area contributed by atoms with Crippen molar-refractivity contribution in [1.29, 1.82) is 0 Å². The van der Waals surface area contributed by atoms with Gasteiger partial charge in [-0.25, -0.2) is 9.78 Å². The number of rotatable bonds is 1. The zero-order valence-electron chi connectivity index (χ0n) is 8.41. The summed E-state index contributed by atoms with van der Waals surface area (Å²) in [5.41, 5.74) is 8.14. The number of carboxylic acids is 1. The summed E-state index contributed by atoms with van der Waals surface area (Å²) < 4.78 is 5.25. The van der Waals surface area contributed by atoms with Crippen LogP contribution in [0.15, 0.2) is 0 Å². The molecule has 0 atom stereocenters. The molecule has 0 aliphatic carbocycles. The lowest BCUT2D eigenvalue weighted by Crippen LogP contribution is -2.19. The maximum Gasteiger partial charge on any atom is 0.339 e. The zero-order chi connectivity index (χ0) is 11.0. The van der Waals surface area contributed by atoms with Gasteiger partial charge < -0.3 is 15.6 Å². The number of ether oxygens (including phenoxy) is 1. The number of anilines is 1. The van der Waals surface area contributed by atoms with Gasteiger partial charge in [0.25, 0.3) is 0 Å². The predicted molar refractivity (Wildman–Crippen MR) is 53.7 cm³/mol. The molecule has 0 saturated heterocycles. The van der Waals surface area contributed by atoms with Crippen LogP contribution in [0.5, 0.6) is 0 Å². The van der Waals surface area contributed by atoms with Gasteiger partial charge in [-0.05, 0) is 18.9 Å². The van der Waals surface area contributed by atoms with E-state index < -0.39 is 5.97 Å². The van der Waals surface area contributed by atoms with Gasteiger partial charge in [-0.3, -0.25) is 0 Å². The molecule has 3 N–H and O–H groups in total. The lowest BCUT2D eigenvalue weighted by Gasteiger charge is -2.20. The van der Waals surface area contributed by atoms with Gasteiger partial charge in [0.1, 0.15) is 11.4 Å². The van der Waals surface area contributed by atoms with E-state index in [0.29, 0.717) is 25.2 Å². The summed E-state index contributed by atoms with van der Waals surface area (Å²) in [5.74, 6) is -0.967. The Bertz CT molecular complexity index is 429. The molecule has 15 heavy (non-hydrogen) atoms. The molecule has 5 heteroatoms. The highest BCUT2D eigenvalue weighted by atomic mass is 16.5. The normalized spacial score (nSPS) is 14.7. The highest BCUT2D eigenvalue weighted by Crippen LogP contribution is 2.26. The van der Waals surface area contributed by atoms with Crippen LogP contribution in [0.3, 0.4) is 0 Å². The lowest BCUT2D eigenvalue weighted by molar-refractivity contribution is 0.0682. The number of pyridine rings is 1. The Balaban J connectivity index is 2.68. The van der Waals surface area contributed by atoms with Crippen LogP contribution in [0.1, 0.15) is 27.2 Å². The molecule has 0 fully saturated rings. The summed E-state index contributed by atoms with van der Waals surface area (Å²) in [4.78, 5) is 15.1. The third-order valence-corrected chi connectivity index (χ3v) is 2.60. The van der Waals surface area contributed by atoms with E-state index in [2.05, 4.69) is 4.98 Å². The molecule has 1 aromatic rings. The van der Waals surface area contributed by atoms with Crippen molar-refractivity contribution >= 4 is 11.8 Å². The third kappa shape index (κ3) is 1.55. The van der Waals surface area contributed by atoms with Gasteiger partial charge in [0.15, 0.2) is 0 Å². The van der Waals surface area contributed by atoms with Crippen LogP contribution in [0.25, 0.3) is 0 Å². The monoisotopic (exact) mass is 208 g/mol. The van der Waals surface area contributed by atoms with Crippen molar-refractivity contribution < 1.29 is 14.6 Å². The standard InChI is InChI=1S/C10H12N2O3/c1-5-6-2-3-15-4-7(6)8(10(13)14)9(11)12-5/h2-4H2,1H3,(H2,11,12)(H,13,14). The topological polar surface area (TPSA) is 85.4 Å². The molecule has 1 aliphatic heterocycles. The maximum absolute atomic E-state index is 11.0. The predicted octanol–water partition coefficient (Wildman–Crippen LogP) is 0.743. The first-order chi connectivity index (χ1) is 7.11. The number of aromatic carboxylic acids is 1. The van der Waals surface area contributed by atoms with Gasteiger partial charge in [0, 0.05) is 11.3 Å². The minimum absolute atomic E-state index is 0.0734. The number of aryl methyl sites for hydroxylation is 1. The third-order valence-electron chi connectivity index (χ3n) is 2.60. The van der Waals surface area contributed by atoms with Gasteiger partial charge in [-0.15, -0.1) is 0 Å². The molecular weight excluding hydrogens is 196 g/mol. The molecule has 0 spiro atoms. The van der Waals surface area contributed by atoms with Crippen LogP contribution in [-0.4, -0.2) is 22.7 Å². The molecule has 2 rings (SSSR count). The Labute approximate surface area is 86.9 Å². The van der Waals surface area contributed by atoms with Gasteiger partial charge in [0.2, 0.25) is 0 Å². The van der Waals surface area contributed by atoms with Crippen molar-refractivity contribution in [3.63, 3.8) is 0 Å². The summed E-state index contributed by atoms with van der Waals surface area (Å²) in [6, 6.07) is 0. The molecule has 1 aliphatic rings. The molecule has 0 aromatic carbocycles. The molecule has 80 valence electrons. The molecule has 2 heterocycles. The number of nitrogens with zero attached hydrogens (tertiary/aromatic N) is 1. The number of fused-ring (bicyclic) bond motifs is 1. The Kier molecular flexibility index (Phi) is 2.32. The highest BCUT2D eigenvalue weighted by molar-refractivity contribution is 5.94. The average Bonchev–Trinajstić information content (AvgIpc) is 2.17. The fraction of sp³-hybridized carbons (Fsp3) is 0.400. The summed E-state index contributed by atoms with van der Waals surface area (Å²) in [5, 5.41) is 9.04. The Morgan fingerprint density at radius 3 is 2.93 bits per heavy atom. The van der Waals surface area contributed by atoms with E-state index in [1.165, 1.54) is 0 Å². The number of hydrogen-bond donors (Lipinski definition) is 2. The average molecular weight is 208 g/mol. The molecule has 0 amide bonds. The van der Waals surface area contributed by atoms with E-state index in [9.17, 15) is 4.79 Å². The first kappa shape index (κ1) is 9.92. The van der Waals surface area contributed by atoms with Crippen LogP contribution in [0, 0.1) is 6.92 Å². The number of aromatic nitrogens is 1. The van der Waals surface area contributed by atoms with Gasteiger partial charge in [0.05, 0.1) is 13.2 Å². The number of nitrogens with two attached hydrogens (primary N) is 1. The van der Waals surface area contributed by atoms with Gasteiger partial charge >= 0.3 is 5.97 Å². The smallest absolute Gasteiger partial charge is 0.339 e. The Morgan fingerprint density at radius 1 is 1.53 bits per heavy atom. The molecule has 0 radical (unpaired) electrons. The molecule has 1 aromatic heterocycles. The molecule has 0 saturated carbocycles. The lowest BCUT2D eigenvalue weighted by atomic mass is 9.97. The second-order valence-corrected chi connectivity index (χ2v) is 3.52. The van der Waals surface area contributed by atoms with Crippen LogP contribution in [0.2, 0.25) is 0 Å². The molecule has 0 unspecified atom stereocenters. The van der Waals surface area contributed by atoms with Crippen molar-refractivity contribution in [2.45, 2.75) is 20.0 Å². The SMILES string of the molecule is Cc1nc(N)c(C(=O)O)c2c1CCOC2. The minimum atomic E-state index is -1.04. The van der Waals surface area contributed by atoms with Crippen molar-refractivity contribution in [2.24, 2.45) is 0 Å². The van der Waals surface area contributed by atoms with E-state index >= 15 is 0 Å². The molecule has 0 bridgehead atoms. The summed E-state index contributed by atoms with van der Waals surface area (Å²) in [7, 11) is 0. The first-order valence-electron chi connectivity index (χ1n) is 4.70. The Morgan fingerprint density at radius 2 is 2.27 bits per heavy atom. The second kappa shape index (κ2) is 3.51. The number of hydrogen-bond acceptors (Lipinski definition) is 4. The van der Waals surface area contributed by atoms with Crippen molar-refractivity contribution in [1.82, 2.24) is 4.98 Å². The van der Waals surface area contributed by atoms with Gasteiger partial charge in [-0.1, -0.05) is 0 Å².